The van der Waals surface area contributed by atoms with Crippen molar-refractivity contribution in [3.63, 3.8) is 0 Å². The van der Waals surface area contributed by atoms with Crippen LogP contribution in [0, 0.1) is 11.8 Å². The maximum Gasteiger partial charge on any atom is 0.0620 e. The van der Waals surface area contributed by atoms with Crippen LogP contribution in [0.15, 0.2) is 48.5 Å². The van der Waals surface area contributed by atoms with Crippen LogP contribution < -0.4 is 10.6 Å². The maximum atomic E-state index is 3.72. The fourth-order valence-corrected chi connectivity index (χ4v) is 4.02. The molecule has 0 aliphatic heterocycles. The Kier molecular flexibility index (Phi) is 11.4. The van der Waals surface area contributed by atoms with Gasteiger partial charge in [0.1, 0.15) is 0 Å². The van der Waals surface area contributed by atoms with E-state index in [-0.39, 0.29) is 0 Å². The summed E-state index contributed by atoms with van der Waals surface area (Å²) in [5.74, 6) is 1.49. The van der Waals surface area contributed by atoms with E-state index in [0.717, 1.165) is 24.8 Å². The Bertz CT molecular complexity index is 707. The van der Waals surface area contributed by atoms with Crippen molar-refractivity contribution in [3.05, 3.63) is 54.1 Å². The predicted octanol–water partition coefficient (Wildman–Crippen LogP) is 8.82. The average Bonchev–Trinajstić information content (AvgIpc) is 2.73. The number of unbranched alkanes of at least 4 members (excludes halogenated alkanes) is 4. The third kappa shape index (κ3) is 9.24. The van der Waals surface area contributed by atoms with Gasteiger partial charge in [0, 0.05) is 12.2 Å². The van der Waals surface area contributed by atoms with Gasteiger partial charge in [0.15, 0.2) is 0 Å². The van der Waals surface area contributed by atoms with Crippen LogP contribution in [0.5, 0.6) is 0 Å². The van der Waals surface area contributed by atoms with Crippen LogP contribution in [0.25, 0.3) is 0 Å². The number of nitrogens with one attached hydrogen (secondary N) is 2. The van der Waals surface area contributed by atoms with Crippen LogP contribution in [0.2, 0.25) is 0 Å². The molecule has 0 saturated heterocycles. The molecule has 2 heteroatoms. The Morgan fingerprint density at radius 3 is 2.10 bits per heavy atom. The monoisotopic (exact) mass is 408 g/mol. The molecule has 30 heavy (non-hydrogen) atoms. The SMILES string of the molecule is CCCCCCCC(C)Cc1ccccc1Nc1ccccc1NCCCC(C)C. The average molecular weight is 409 g/mol. The van der Waals surface area contributed by atoms with E-state index < -0.39 is 0 Å². The van der Waals surface area contributed by atoms with Gasteiger partial charge >= 0.3 is 0 Å². The third-order valence-corrected chi connectivity index (χ3v) is 5.86. The predicted molar refractivity (Wildman–Crippen MR) is 135 cm³/mol. The smallest absolute Gasteiger partial charge is 0.0620 e. The van der Waals surface area contributed by atoms with E-state index in [1.165, 1.54) is 74.0 Å². The Morgan fingerprint density at radius 1 is 0.700 bits per heavy atom. The van der Waals surface area contributed by atoms with Crippen LogP contribution in [0.4, 0.5) is 17.1 Å². The number of rotatable bonds is 15. The molecule has 2 nitrogen and oxygen atoms in total. The van der Waals surface area contributed by atoms with Crippen molar-refractivity contribution < 1.29 is 0 Å². The standard InChI is InChI=1S/C28H44N2/c1-5-6-7-8-9-16-24(4)22-25-17-10-11-18-26(25)30-28-20-13-12-19-27(28)29-21-14-15-23(2)3/h10-13,17-20,23-24,29-30H,5-9,14-16,21-22H2,1-4H3. The molecule has 166 valence electrons. The number of anilines is 3. The highest BCUT2D eigenvalue weighted by atomic mass is 15.0. The summed E-state index contributed by atoms with van der Waals surface area (Å²) in [5.41, 5.74) is 5.03. The fraction of sp³-hybridized carbons (Fsp3) is 0.571. The van der Waals surface area contributed by atoms with Crippen molar-refractivity contribution in [1.82, 2.24) is 0 Å². The minimum atomic E-state index is 0.721. The van der Waals surface area contributed by atoms with Gasteiger partial charge in [-0.2, -0.15) is 0 Å². The molecular formula is C28H44N2. The van der Waals surface area contributed by atoms with Gasteiger partial charge < -0.3 is 10.6 Å². The number of para-hydroxylation sites is 3. The molecule has 2 aromatic rings. The molecule has 0 spiro atoms. The molecule has 0 heterocycles. The lowest BCUT2D eigenvalue weighted by molar-refractivity contribution is 0.484. The van der Waals surface area contributed by atoms with Gasteiger partial charge in [0.2, 0.25) is 0 Å². The van der Waals surface area contributed by atoms with E-state index in [9.17, 15) is 0 Å². The van der Waals surface area contributed by atoms with Gasteiger partial charge in [0.25, 0.3) is 0 Å². The summed E-state index contributed by atoms with van der Waals surface area (Å²) < 4.78 is 0. The minimum absolute atomic E-state index is 0.721. The van der Waals surface area contributed by atoms with Crippen molar-refractivity contribution in [1.29, 1.82) is 0 Å². The number of hydrogen-bond acceptors (Lipinski definition) is 2. The van der Waals surface area contributed by atoms with E-state index in [1.54, 1.807) is 0 Å². The molecule has 2 rings (SSSR count). The summed E-state index contributed by atoms with van der Waals surface area (Å²) >= 11 is 0. The van der Waals surface area contributed by atoms with Gasteiger partial charge in [-0.15, -0.1) is 0 Å². The van der Waals surface area contributed by atoms with E-state index in [0.29, 0.717) is 0 Å². The molecular weight excluding hydrogens is 364 g/mol. The van der Waals surface area contributed by atoms with Crippen molar-refractivity contribution in [3.8, 4) is 0 Å². The summed E-state index contributed by atoms with van der Waals surface area (Å²) in [6.07, 6.45) is 11.8. The summed E-state index contributed by atoms with van der Waals surface area (Å²) in [7, 11) is 0. The second kappa shape index (κ2) is 14.1. The summed E-state index contributed by atoms with van der Waals surface area (Å²) in [4.78, 5) is 0. The zero-order valence-electron chi connectivity index (χ0n) is 19.8. The molecule has 0 saturated carbocycles. The first kappa shape index (κ1) is 24.3. The quantitative estimate of drug-likeness (QED) is 0.288. The van der Waals surface area contributed by atoms with Gasteiger partial charge in [-0.3, -0.25) is 0 Å². The number of hydrogen-bond donors (Lipinski definition) is 2. The lowest BCUT2D eigenvalue weighted by Crippen LogP contribution is -2.07. The Labute approximate surface area is 185 Å². The second-order valence-corrected chi connectivity index (χ2v) is 9.30. The third-order valence-electron chi connectivity index (χ3n) is 5.86. The summed E-state index contributed by atoms with van der Waals surface area (Å²) in [6.45, 7) is 10.3. The molecule has 0 aliphatic carbocycles. The lowest BCUT2D eigenvalue weighted by atomic mass is 9.94. The highest BCUT2D eigenvalue weighted by molar-refractivity contribution is 5.75. The van der Waals surface area contributed by atoms with E-state index >= 15 is 0 Å². The molecule has 2 N–H and O–H groups in total. The maximum absolute atomic E-state index is 3.72. The van der Waals surface area contributed by atoms with Crippen LogP contribution in [0.3, 0.4) is 0 Å². The Balaban J connectivity index is 1.94. The van der Waals surface area contributed by atoms with E-state index in [2.05, 4.69) is 86.9 Å². The van der Waals surface area contributed by atoms with Crippen LogP contribution >= 0.6 is 0 Å². The normalized spacial score (nSPS) is 12.2. The summed E-state index contributed by atoms with van der Waals surface area (Å²) in [5, 5.41) is 7.35. The molecule has 0 radical (unpaired) electrons. The van der Waals surface area contributed by atoms with E-state index in [1.807, 2.05) is 0 Å². The molecule has 1 atom stereocenters. The van der Waals surface area contributed by atoms with E-state index in [4.69, 9.17) is 0 Å². The van der Waals surface area contributed by atoms with Crippen LogP contribution in [-0.4, -0.2) is 6.54 Å². The summed E-state index contributed by atoms with van der Waals surface area (Å²) in [6, 6.07) is 17.4. The minimum Gasteiger partial charge on any atom is -0.383 e. The van der Waals surface area contributed by atoms with Gasteiger partial charge in [0.05, 0.1) is 11.4 Å². The Morgan fingerprint density at radius 2 is 1.37 bits per heavy atom. The first-order chi connectivity index (χ1) is 14.6. The van der Waals surface area contributed by atoms with Gasteiger partial charge in [-0.05, 0) is 54.9 Å². The lowest BCUT2D eigenvalue weighted by Gasteiger charge is -2.18. The number of benzene rings is 2. The molecule has 0 aliphatic rings. The highest BCUT2D eigenvalue weighted by Gasteiger charge is 2.10. The zero-order chi connectivity index (χ0) is 21.6. The fourth-order valence-electron chi connectivity index (χ4n) is 4.02. The molecule has 1 unspecified atom stereocenters. The topological polar surface area (TPSA) is 24.1 Å². The van der Waals surface area contributed by atoms with Gasteiger partial charge in [-0.1, -0.05) is 96.6 Å². The van der Waals surface area contributed by atoms with Crippen LogP contribution in [0.1, 0.15) is 84.6 Å². The molecule has 0 bridgehead atoms. The first-order valence-corrected chi connectivity index (χ1v) is 12.3. The van der Waals surface area contributed by atoms with Crippen molar-refractivity contribution in [2.75, 3.05) is 17.2 Å². The van der Waals surface area contributed by atoms with Crippen molar-refractivity contribution >= 4 is 17.1 Å². The molecule has 0 fully saturated rings. The first-order valence-electron chi connectivity index (χ1n) is 12.3. The van der Waals surface area contributed by atoms with Crippen molar-refractivity contribution in [2.24, 2.45) is 11.8 Å². The second-order valence-electron chi connectivity index (χ2n) is 9.30. The van der Waals surface area contributed by atoms with Gasteiger partial charge in [-0.25, -0.2) is 0 Å². The van der Waals surface area contributed by atoms with Crippen molar-refractivity contribution in [2.45, 2.75) is 85.5 Å². The molecule has 0 amide bonds. The Hall–Kier alpha value is -1.96. The highest BCUT2D eigenvalue weighted by Crippen LogP contribution is 2.29. The van der Waals surface area contributed by atoms with Crippen LogP contribution in [-0.2, 0) is 6.42 Å². The molecule has 2 aromatic carbocycles. The zero-order valence-corrected chi connectivity index (χ0v) is 19.8. The largest absolute Gasteiger partial charge is 0.383 e. The molecule has 0 aromatic heterocycles.